The molecule has 2 saturated heterocycles. The molecule has 2 aliphatic heterocycles. The van der Waals surface area contributed by atoms with Gasteiger partial charge in [0.05, 0.1) is 0 Å². The van der Waals surface area contributed by atoms with Crippen LogP contribution < -0.4 is 5.32 Å². The molecule has 0 aliphatic carbocycles. The lowest BCUT2D eigenvalue weighted by atomic mass is 9.75. The zero-order valence-electron chi connectivity index (χ0n) is 11.3. The third-order valence-corrected chi connectivity index (χ3v) is 4.83. The molecule has 0 saturated carbocycles. The zero-order chi connectivity index (χ0) is 11.6. The number of rotatable bonds is 2. The Morgan fingerprint density at radius 1 is 1.25 bits per heavy atom. The van der Waals surface area contributed by atoms with Crippen LogP contribution in [0.4, 0.5) is 0 Å². The number of hydrogen-bond donors (Lipinski definition) is 1. The highest BCUT2D eigenvalue weighted by Crippen LogP contribution is 2.36. The molecule has 2 nitrogen and oxygen atoms in total. The Kier molecular flexibility index (Phi) is 3.91. The largest absolute Gasteiger partial charge is 0.317 e. The van der Waals surface area contributed by atoms with Crippen LogP contribution in [0.5, 0.6) is 0 Å². The molecule has 2 fully saturated rings. The van der Waals surface area contributed by atoms with Gasteiger partial charge in [0.2, 0.25) is 0 Å². The van der Waals surface area contributed by atoms with Crippen LogP contribution in [0.15, 0.2) is 0 Å². The lowest BCUT2D eigenvalue weighted by molar-refractivity contribution is -0.0108. The van der Waals surface area contributed by atoms with Crippen molar-refractivity contribution in [2.75, 3.05) is 26.2 Å². The topological polar surface area (TPSA) is 15.3 Å². The average molecular weight is 224 g/mol. The smallest absolute Gasteiger partial charge is 0.0256 e. The minimum atomic E-state index is 0.500. The van der Waals surface area contributed by atoms with Crippen LogP contribution in [0.3, 0.4) is 0 Å². The fraction of sp³-hybridized carbons (Fsp3) is 1.00. The van der Waals surface area contributed by atoms with Crippen molar-refractivity contribution in [3.63, 3.8) is 0 Å². The van der Waals surface area contributed by atoms with Crippen molar-refractivity contribution in [1.82, 2.24) is 10.2 Å². The molecule has 0 spiro atoms. The Morgan fingerprint density at radius 3 is 2.50 bits per heavy atom. The van der Waals surface area contributed by atoms with Gasteiger partial charge in [-0.3, -0.25) is 4.90 Å². The highest BCUT2D eigenvalue weighted by Gasteiger charge is 2.41. The van der Waals surface area contributed by atoms with E-state index in [-0.39, 0.29) is 0 Å². The maximum Gasteiger partial charge on any atom is 0.0256 e. The van der Waals surface area contributed by atoms with E-state index in [9.17, 15) is 0 Å². The molecule has 1 unspecified atom stereocenters. The second-order valence-electron chi connectivity index (χ2n) is 6.20. The first-order chi connectivity index (χ1) is 7.65. The van der Waals surface area contributed by atoms with Gasteiger partial charge in [0.15, 0.2) is 0 Å². The van der Waals surface area contributed by atoms with E-state index < -0.39 is 0 Å². The molecule has 1 atom stereocenters. The summed E-state index contributed by atoms with van der Waals surface area (Å²) in [4.78, 5) is 2.83. The van der Waals surface area contributed by atoms with Crippen LogP contribution in [0.25, 0.3) is 0 Å². The van der Waals surface area contributed by atoms with Gasteiger partial charge in [-0.1, -0.05) is 20.8 Å². The quantitative estimate of drug-likeness (QED) is 0.775. The van der Waals surface area contributed by atoms with Gasteiger partial charge in [-0.25, -0.2) is 0 Å². The molecular weight excluding hydrogens is 196 g/mol. The van der Waals surface area contributed by atoms with Crippen molar-refractivity contribution in [3.05, 3.63) is 0 Å². The van der Waals surface area contributed by atoms with Gasteiger partial charge in [0.1, 0.15) is 0 Å². The Hall–Kier alpha value is -0.0800. The van der Waals surface area contributed by atoms with E-state index in [1.807, 2.05) is 0 Å². The van der Waals surface area contributed by atoms with Crippen molar-refractivity contribution in [3.8, 4) is 0 Å². The van der Waals surface area contributed by atoms with Gasteiger partial charge in [-0.15, -0.1) is 0 Å². The summed E-state index contributed by atoms with van der Waals surface area (Å²) in [6, 6.07) is 0. The number of nitrogens with one attached hydrogen (secondary N) is 1. The van der Waals surface area contributed by atoms with Crippen LogP contribution in [-0.4, -0.2) is 36.6 Å². The predicted octanol–water partition coefficient (Wildman–Crippen LogP) is 2.50. The molecule has 94 valence electrons. The summed E-state index contributed by atoms with van der Waals surface area (Å²) in [6.45, 7) is 12.4. The SMILES string of the molecule is CC1CCCN(C2(C(C)C)CCNCC2)C1. The summed E-state index contributed by atoms with van der Waals surface area (Å²) in [5.74, 6) is 1.69. The monoisotopic (exact) mass is 224 g/mol. The highest BCUT2D eigenvalue weighted by atomic mass is 15.2. The maximum absolute atomic E-state index is 3.52. The third kappa shape index (κ3) is 2.28. The van der Waals surface area contributed by atoms with Gasteiger partial charge in [-0.2, -0.15) is 0 Å². The first-order valence-corrected chi connectivity index (χ1v) is 7.11. The van der Waals surface area contributed by atoms with E-state index in [0.717, 1.165) is 11.8 Å². The molecular formula is C14H28N2. The Morgan fingerprint density at radius 2 is 1.94 bits per heavy atom. The Balaban J connectivity index is 2.11. The highest BCUT2D eigenvalue weighted by molar-refractivity contribution is 4.98. The molecule has 1 N–H and O–H groups in total. The summed E-state index contributed by atoms with van der Waals surface area (Å²) in [6.07, 6.45) is 5.53. The third-order valence-electron chi connectivity index (χ3n) is 4.83. The fourth-order valence-electron chi connectivity index (χ4n) is 3.71. The van der Waals surface area contributed by atoms with Crippen molar-refractivity contribution in [2.24, 2.45) is 11.8 Å². The maximum atomic E-state index is 3.52. The van der Waals surface area contributed by atoms with E-state index in [1.165, 1.54) is 51.9 Å². The molecule has 2 aliphatic rings. The molecule has 2 heteroatoms. The van der Waals surface area contributed by atoms with Gasteiger partial charge < -0.3 is 5.32 Å². The Bertz CT molecular complexity index is 219. The summed E-state index contributed by atoms with van der Waals surface area (Å²) < 4.78 is 0. The molecule has 0 aromatic carbocycles. The van der Waals surface area contributed by atoms with Crippen molar-refractivity contribution >= 4 is 0 Å². The van der Waals surface area contributed by atoms with Crippen LogP contribution in [0.2, 0.25) is 0 Å². The Labute approximate surface area is 101 Å². The van der Waals surface area contributed by atoms with Gasteiger partial charge in [-0.05, 0) is 57.2 Å². The standard InChI is InChI=1S/C14H28N2/c1-12(2)14(6-8-15-9-7-14)16-10-4-5-13(3)11-16/h12-13,15H,4-11H2,1-3H3. The molecule has 2 heterocycles. The lowest BCUT2D eigenvalue weighted by Gasteiger charge is -2.52. The number of piperidine rings is 2. The lowest BCUT2D eigenvalue weighted by Crippen LogP contribution is -2.60. The van der Waals surface area contributed by atoms with E-state index in [1.54, 1.807) is 0 Å². The number of hydrogen-bond acceptors (Lipinski definition) is 2. The molecule has 0 aromatic rings. The molecule has 0 amide bonds. The molecule has 0 bridgehead atoms. The summed E-state index contributed by atoms with van der Waals surface area (Å²) in [5.41, 5.74) is 0.500. The number of nitrogens with zero attached hydrogens (tertiary/aromatic N) is 1. The zero-order valence-corrected chi connectivity index (χ0v) is 11.3. The summed E-state index contributed by atoms with van der Waals surface area (Å²) in [5, 5.41) is 3.52. The van der Waals surface area contributed by atoms with Crippen LogP contribution >= 0.6 is 0 Å². The van der Waals surface area contributed by atoms with Gasteiger partial charge in [0, 0.05) is 12.1 Å². The molecule has 2 rings (SSSR count). The minimum Gasteiger partial charge on any atom is -0.317 e. The number of likely N-dealkylation sites (tertiary alicyclic amines) is 1. The van der Waals surface area contributed by atoms with E-state index in [2.05, 4.69) is 31.0 Å². The molecule has 0 radical (unpaired) electrons. The molecule has 16 heavy (non-hydrogen) atoms. The van der Waals surface area contributed by atoms with E-state index in [4.69, 9.17) is 0 Å². The van der Waals surface area contributed by atoms with Crippen LogP contribution in [0, 0.1) is 11.8 Å². The first kappa shape index (κ1) is 12.4. The van der Waals surface area contributed by atoms with E-state index >= 15 is 0 Å². The second kappa shape index (κ2) is 5.05. The molecule has 0 aromatic heterocycles. The van der Waals surface area contributed by atoms with Crippen molar-refractivity contribution < 1.29 is 0 Å². The summed E-state index contributed by atoms with van der Waals surface area (Å²) in [7, 11) is 0. The van der Waals surface area contributed by atoms with Gasteiger partial charge in [0.25, 0.3) is 0 Å². The normalized spacial score (nSPS) is 31.9. The van der Waals surface area contributed by atoms with Crippen molar-refractivity contribution in [2.45, 2.75) is 52.0 Å². The fourth-order valence-corrected chi connectivity index (χ4v) is 3.71. The second-order valence-corrected chi connectivity index (χ2v) is 6.20. The predicted molar refractivity (Wildman–Crippen MR) is 69.6 cm³/mol. The van der Waals surface area contributed by atoms with Crippen LogP contribution in [0.1, 0.15) is 46.5 Å². The first-order valence-electron chi connectivity index (χ1n) is 7.11. The average Bonchev–Trinajstić information content (AvgIpc) is 2.30. The van der Waals surface area contributed by atoms with Gasteiger partial charge >= 0.3 is 0 Å². The van der Waals surface area contributed by atoms with Crippen molar-refractivity contribution in [1.29, 1.82) is 0 Å². The summed E-state index contributed by atoms with van der Waals surface area (Å²) >= 11 is 0. The van der Waals surface area contributed by atoms with Crippen LogP contribution in [-0.2, 0) is 0 Å². The van der Waals surface area contributed by atoms with E-state index in [0.29, 0.717) is 5.54 Å². The minimum absolute atomic E-state index is 0.500.